The predicted molar refractivity (Wildman–Crippen MR) is 108 cm³/mol. The summed E-state index contributed by atoms with van der Waals surface area (Å²) in [6, 6.07) is 11.0. The number of nitrogens with one attached hydrogen (secondary N) is 2. The number of carbonyl (C=O) groups excluding carboxylic acids is 1. The Balaban J connectivity index is 2.12. The van der Waals surface area contributed by atoms with E-state index >= 15 is 0 Å². The lowest BCUT2D eigenvalue weighted by Crippen LogP contribution is -2.26. The average molecular weight is 407 g/mol. The molecular formula is C20H26N2O5S. The number of hydrogen-bond acceptors (Lipinski definition) is 5. The highest BCUT2D eigenvalue weighted by atomic mass is 32.2. The summed E-state index contributed by atoms with van der Waals surface area (Å²) in [5.74, 6) is 0.333. The molecule has 0 aliphatic heterocycles. The highest BCUT2D eigenvalue weighted by Gasteiger charge is 2.18. The zero-order valence-corrected chi connectivity index (χ0v) is 17.1. The quantitative estimate of drug-likeness (QED) is 0.592. The fourth-order valence-corrected chi connectivity index (χ4v) is 3.64. The molecule has 8 heteroatoms. The average Bonchev–Trinajstić information content (AvgIpc) is 2.68. The molecule has 0 saturated heterocycles. The second-order valence-corrected chi connectivity index (χ2v) is 7.95. The summed E-state index contributed by atoms with van der Waals surface area (Å²) in [5.41, 5.74) is 1.45. The number of ether oxygens (including phenoxy) is 2. The van der Waals surface area contributed by atoms with Crippen LogP contribution in [0, 0.1) is 6.92 Å². The van der Waals surface area contributed by atoms with Crippen LogP contribution in [0.15, 0.2) is 47.4 Å². The lowest BCUT2D eigenvalue weighted by Gasteiger charge is -2.12. The van der Waals surface area contributed by atoms with E-state index in [0.717, 1.165) is 12.8 Å². The molecule has 0 aliphatic carbocycles. The summed E-state index contributed by atoms with van der Waals surface area (Å²) in [6.45, 7) is 2.91. The first-order valence-electron chi connectivity index (χ1n) is 8.92. The molecule has 1 amide bonds. The third-order valence-corrected chi connectivity index (χ3v) is 5.55. The second-order valence-electron chi connectivity index (χ2n) is 6.27. The first-order chi connectivity index (χ1) is 13.4. The molecule has 0 aliphatic rings. The Hall–Kier alpha value is -2.58. The Bertz CT molecular complexity index is 895. The number of rotatable bonds is 10. The van der Waals surface area contributed by atoms with Crippen molar-refractivity contribution in [3.05, 3.63) is 53.6 Å². The molecular weight excluding hydrogens is 380 g/mol. The minimum atomic E-state index is -3.83. The van der Waals surface area contributed by atoms with Gasteiger partial charge in [-0.3, -0.25) is 9.52 Å². The number of aryl methyl sites for hydroxylation is 1. The zero-order chi connectivity index (χ0) is 20.6. The van der Waals surface area contributed by atoms with Crippen LogP contribution in [0.2, 0.25) is 0 Å². The summed E-state index contributed by atoms with van der Waals surface area (Å²) in [5, 5.41) is 2.82. The van der Waals surface area contributed by atoms with Crippen molar-refractivity contribution < 1.29 is 22.7 Å². The third kappa shape index (κ3) is 5.97. The number of benzene rings is 2. The molecule has 0 fully saturated rings. The summed E-state index contributed by atoms with van der Waals surface area (Å²) in [4.78, 5) is 12.5. The molecule has 0 atom stereocenters. The molecule has 28 heavy (non-hydrogen) atoms. The van der Waals surface area contributed by atoms with E-state index in [0.29, 0.717) is 35.7 Å². The fourth-order valence-electron chi connectivity index (χ4n) is 2.55. The summed E-state index contributed by atoms with van der Waals surface area (Å²) in [6.07, 6.45) is 1.63. The van der Waals surface area contributed by atoms with Crippen LogP contribution in [0.5, 0.6) is 5.75 Å². The van der Waals surface area contributed by atoms with Crippen molar-refractivity contribution in [3.8, 4) is 5.75 Å². The second kappa shape index (κ2) is 10.1. The number of anilines is 1. The maximum atomic E-state index is 12.7. The first-order valence-corrected chi connectivity index (χ1v) is 10.4. The lowest BCUT2D eigenvalue weighted by molar-refractivity contribution is 0.0950. The number of amides is 1. The van der Waals surface area contributed by atoms with Gasteiger partial charge in [-0.2, -0.15) is 0 Å². The van der Waals surface area contributed by atoms with Gasteiger partial charge in [-0.1, -0.05) is 6.07 Å². The van der Waals surface area contributed by atoms with Gasteiger partial charge in [-0.05, 0) is 61.7 Å². The van der Waals surface area contributed by atoms with Crippen LogP contribution in [0.3, 0.4) is 0 Å². The molecule has 2 N–H and O–H groups in total. The van der Waals surface area contributed by atoms with Crippen molar-refractivity contribution in [1.82, 2.24) is 5.32 Å². The maximum absolute atomic E-state index is 12.7. The number of sulfonamides is 1. The Morgan fingerprint density at radius 1 is 1.04 bits per heavy atom. The zero-order valence-electron chi connectivity index (χ0n) is 16.3. The van der Waals surface area contributed by atoms with Crippen molar-refractivity contribution >= 4 is 21.6 Å². The van der Waals surface area contributed by atoms with Gasteiger partial charge in [0, 0.05) is 31.5 Å². The van der Waals surface area contributed by atoms with Crippen molar-refractivity contribution in [2.24, 2.45) is 0 Å². The summed E-state index contributed by atoms with van der Waals surface area (Å²) >= 11 is 0. The number of unbranched alkanes of at least 4 members (excludes halogenated alkanes) is 1. The molecule has 2 aromatic rings. The fraction of sp³-hybridized carbons (Fsp3) is 0.350. The van der Waals surface area contributed by atoms with E-state index in [1.165, 1.54) is 19.2 Å². The van der Waals surface area contributed by atoms with Gasteiger partial charge in [0.25, 0.3) is 15.9 Å². The Morgan fingerprint density at radius 3 is 2.39 bits per heavy atom. The smallest absolute Gasteiger partial charge is 0.261 e. The van der Waals surface area contributed by atoms with Gasteiger partial charge < -0.3 is 14.8 Å². The van der Waals surface area contributed by atoms with Crippen LogP contribution < -0.4 is 14.8 Å². The standard InChI is InChI=1S/C20H26N2O5S/c1-15-6-11-18(14-19(15)20(23)21-12-4-5-13-26-2)28(24,25)22-16-7-9-17(27-3)10-8-16/h6-11,14,22H,4-5,12-13H2,1-3H3,(H,21,23). The Kier molecular flexibility index (Phi) is 7.83. The van der Waals surface area contributed by atoms with E-state index in [9.17, 15) is 13.2 Å². The third-order valence-electron chi connectivity index (χ3n) is 4.17. The van der Waals surface area contributed by atoms with E-state index in [1.807, 2.05) is 0 Å². The van der Waals surface area contributed by atoms with Gasteiger partial charge in [-0.15, -0.1) is 0 Å². The maximum Gasteiger partial charge on any atom is 0.261 e. The van der Waals surface area contributed by atoms with Crippen molar-refractivity contribution in [3.63, 3.8) is 0 Å². The van der Waals surface area contributed by atoms with Gasteiger partial charge in [0.2, 0.25) is 0 Å². The molecule has 0 radical (unpaired) electrons. The number of hydrogen-bond donors (Lipinski definition) is 2. The van der Waals surface area contributed by atoms with Crippen molar-refractivity contribution in [2.75, 3.05) is 32.1 Å². The topological polar surface area (TPSA) is 93.7 Å². The largest absolute Gasteiger partial charge is 0.497 e. The van der Waals surface area contributed by atoms with Crippen LogP contribution >= 0.6 is 0 Å². The summed E-state index contributed by atoms with van der Waals surface area (Å²) < 4.78 is 37.9. The van der Waals surface area contributed by atoms with Gasteiger partial charge in [-0.25, -0.2) is 8.42 Å². The van der Waals surface area contributed by atoms with Crippen LogP contribution in [-0.4, -0.2) is 41.7 Å². The van der Waals surface area contributed by atoms with Gasteiger partial charge >= 0.3 is 0 Å². The number of methoxy groups -OCH3 is 2. The monoisotopic (exact) mass is 406 g/mol. The predicted octanol–water partition coefficient (Wildman–Crippen LogP) is 2.96. The van der Waals surface area contributed by atoms with Crippen LogP contribution in [-0.2, 0) is 14.8 Å². The van der Waals surface area contributed by atoms with Gasteiger partial charge in [0.1, 0.15) is 5.75 Å². The van der Waals surface area contributed by atoms with Crippen LogP contribution in [0.25, 0.3) is 0 Å². The molecule has 0 saturated carbocycles. The Labute approximate surface area is 166 Å². The minimum Gasteiger partial charge on any atom is -0.497 e. The van der Waals surface area contributed by atoms with Crippen LogP contribution in [0.1, 0.15) is 28.8 Å². The molecule has 0 unspecified atom stereocenters. The Morgan fingerprint density at radius 2 is 1.75 bits per heavy atom. The van der Waals surface area contributed by atoms with E-state index in [4.69, 9.17) is 9.47 Å². The van der Waals surface area contributed by atoms with Crippen LogP contribution in [0.4, 0.5) is 5.69 Å². The molecule has 0 bridgehead atoms. The van der Waals surface area contributed by atoms with E-state index in [2.05, 4.69) is 10.0 Å². The molecule has 2 aromatic carbocycles. The van der Waals surface area contributed by atoms with E-state index in [-0.39, 0.29) is 10.8 Å². The molecule has 0 heterocycles. The molecule has 0 aromatic heterocycles. The van der Waals surface area contributed by atoms with Crippen molar-refractivity contribution in [1.29, 1.82) is 0 Å². The first kappa shape index (κ1) is 21.7. The highest BCUT2D eigenvalue weighted by Crippen LogP contribution is 2.21. The lowest BCUT2D eigenvalue weighted by atomic mass is 10.1. The minimum absolute atomic E-state index is 0.0263. The molecule has 0 spiro atoms. The normalized spacial score (nSPS) is 11.1. The number of carbonyl (C=O) groups is 1. The van der Waals surface area contributed by atoms with Gasteiger partial charge in [0.15, 0.2) is 0 Å². The highest BCUT2D eigenvalue weighted by molar-refractivity contribution is 7.92. The van der Waals surface area contributed by atoms with Crippen molar-refractivity contribution in [2.45, 2.75) is 24.7 Å². The summed E-state index contributed by atoms with van der Waals surface area (Å²) in [7, 11) is -0.655. The molecule has 7 nitrogen and oxygen atoms in total. The molecule has 152 valence electrons. The van der Waals surface area contributed by atoms with E-state index in [1.54, 1.807) is 44.4 Å². The van der Waals surface area contributed by atoms with Gasteiger partial charge in [0.05, 0.1) is 12.0 Å². The SMILES string of the molecule is COCCCCNC(=O)c1cc(S(=O)(=O)Nc2ccc(OC)cc2)ccc1C. The molecule has 2 rings (SSSR count). The van der Waals surface area contributed by atoms with E-state index < -0.39 is 10.0 Å².